The number of benzene rings is 1. The third-order valence-electron chi connectivity index (χ3n) is 2.30. The quantitative estimate of drug-likeness (QED) is 0.695. The van der Waals surface area contributed by atoms with Crippen LogP contribution in [0.3, 0.4) is 0 Å². The van der Waals surface area contributed by atoms with Gasteiger partial charge in [-0.3, -0.25) is 0 Å². The molecule has 1 atom stereocenters. The second-order valence-electron chi connectivity index (χ2n) is 3.27. The summed E-state index contributed by atoms with van der Waals surface area (Å²) in [6, 6.07) is 11.2. The van der Waals surface area contributed by atoms with Crippen molar-refractivity contribution in [3.63, 3.8) is 0 Å². The van der Waals surface area contributed by atoms with Crippen LogP contribution in [-0.4, -0.2) is 12.6 Å². The Morgan fingerprint density at radius 1 is 1.25 bits per heavy atom. The van der Waals surface area contributed by atoms with E-state index in [0.29, 0.717) is 6.04 Å². The highest BCUT2D eigenvalue weighted by Crippen LogP contribution is 2.10. The summed E-state index contributed by atoms with van der Waals surface area (Å²) in [4.78, 5) is 0. The molecule has 2 rings (SSSR count). The minimum Gasteiger partial charge on any atom is -0.313 e. The molecule has 0 aromatic heterocycles. The fourth-order valence-corrected chi connectivity index (χ4v) is 1.66. The van der Waals surface area contributed by atoms with Crippen LogP contribution in [-0.2, 0) is 6.42 Å². The molecule has 0 aliphatic carbocycles. The molecule has 12 heavy (non-hydrogen) atoms. The molecule has 1 nitrogen and oxygen atoms in total. The molecule has 1 heteroatoms. The molecule has 0 spiro atoms. The Labute approximate surface area is 73.8 Å². The van der Waals surface area contributed by atoms with E-state index in [1.807, 2.05) is 0 Å². The maximum atomic E-state index is 3.45. The third-order valence-corrected chi connectivity index (χ3v) is 2.30. The number of hydrogen-bond donors (Lipinski definition) is 1. The highest BCUT2D eigenvalue weighted by molar-refractivity contribution is 5.17. The predicted octanol–water partition coefficient (Wildman–Crippen LogP) is 1.80. The van der Waals surface area contributed by atoms with Crippen molar-refractivity contribution in [1.82, 2.24) is 5.32 Å². The molecule has 1 unspecified atom stereocenters. The average molecular weight is 160 g/mol. The van der Waals surface area contributed by atoms with E-state index in [1.54, 1.807) is 0 Å². The van der Waals surface area contributed by atoms with Crippen molar-refractivity contribution < 1.29 is 0 Å². The maximum Gasteiger partial charge on any atom is 0.0139 e. The fraction of sp³-hybridized carbons (Fsp3) is 0.364. The predicted molar refractivity (Wildman–Crippen MR) is 50.9 cm³/mol. The summed E-state index contributed by atoms with van der Waals surface area (Å²) in [6.45, 7) is 1.15. The molecule has 1 radical (unpaired) electrons. The standard InChI is InChI=1S/C11H14N/c1-2-5-10(6-3-1)9-11-7-4-8-12-11/h1-3,5-7,11-12H,4,8-9H2. The molecule has 1 aromatic carbocycles. The number of hydrogen-bond acceptors (Lipinski definition) is 1. The molecule has 0 saturated carbocycles. The summed E-state index contributed by atoms with van der Waals surface area (Å²) in [6.07, 6.45) is 4.73. The van der Waals surface area contributed by atoms with E-state index < -0.39 is 0 Å². The highest BCUT2D eigenvalue weighted by atomic mass is 14.9. The first-order valence-corrected chi connectivity index (χ1v) is 4.56. The second-order valence-corrected chi connectivity index (χ2v) is 3.27. The van der Waals surface area contributed by atoms with Crippen LogP contribution in [0.5, 0.6) is 0 Å². The fourth-order valence-electron chi connectivity index (χ4n) is 1.66. The molecule has 1 heterocycles. The van der Waals surface area contributed by atoms with Gasteiger partial charge in [-0.2, -0.15) is 0 Å². The first-order valence-electron chi connectivity index (χ1n) is 4.56. The Morgan fingerprint density at radius 2 is 2.08 bits per heavy atom. The SMILES string of the molecule is [CH]1CCNC1Cc1ccccc1. The number of nitrogens with one attached hydrogen (secondary N) is 1. The van der Waals surface area contributed by atoms with Crippen molar-refractivity contribution in [3.05, 3.63) is 42.3 Å². The zero-order valence-corrected chi connectivity index (χ0v) is 7.16. The van der Waals surface area contributed by atoms with Gasteiger partial charge in [0.05, 0.1) is 0 Å². The second kappa shape index (κ2) is 3.72. The van der Waals surface area contributed by atoms with E-state index in [1.165, 1.54) is 12.0 Å². The van der Waals surface area contributed by atoms with Gasteiger partial charge in [0.25, 0.3) is 0 Å². The molecule has 1 fully saturated rings. The van der Waals surface area contributed by atoms with Crippen LogP contribution in [0.2, 0.25) is 0 Å². The minimum atomic E-state index is 0.604. The lowest BCUT2D eigenvalue weighted by molar-refractivity contribution is 0.658. The van der Waals surface area contributed by atoms with Crippen LogP contribution in [0, 0.1) is 6.42 Å². The Morgan fingerprint density at radius 3 is 2.75 bits per heavy atom. The van der Waals surface area contributed by atoms with Crippen molar-refractivity contribution in [1.29, 1.82) is 0 Å². The van der Waals surface area contributed by atoms with Gasteiger partial charge in [0, 0.05) is 6.04 Å². The van der Waals surface area contributed by atoms with Gasteiger partial charge in [0.15, 0.2) is 0 Å². The number of rotatable bonds is 2. The van der Waals surface area contributed by atoms with Gasteiger partial charge in [-0.25, -0.2) is 0 Å². The monoisotopic (exact) mass is 160 g/mol. The molecule has 1 N–H and O–H groups in total. The van der Waals surface area contributed by atoms with E-state index in [9.17, 15) is 0 Å². The van der Waals surface area contributed by atoms with E-state index in [4.69, 9.17) is 0 Å². The Balaban J connectivity index is 1.94. The first kappa shape index (κ1) is 7.81. The van der Waals surface area contributed by atoms with E-state index in [0.717, 1.165) is 13.0 Å². The van der Waals surface area contributed by atoms with Gasteiger partial charge in [0.1, 0.15) is 0 Å². The van der Waals surface area contributed by atoms with Crippen LogP contribution in [0.1, 0.15) is 12.0 Å². The van der Waals surface area contributed by atoms with Gasteiger partial charge in [-0.15, -0.1) is 0 Å². The van der Waals surface area contributed by atoms with Crippen molar-refractivity contribution in [2.75, 3.05) is 6.54 Å². The summed E-state index contributed by atoms with van der Waals surface area (Å²) in [5.41, 5.74) is 1.42. The largest absolute Gasteiger partial charge is 0.313 e. The van der Waals surface area contributed by atoms with Crippen LogP contribution in [0.4, 0.5) is 0 Å². The van der Waals surface area contributed by atoms with Crippen LogP contribution in [0.15, 0.2) is 30.3 Å². The molecule has 1 aliphatic rings. The summed E-state index contributed by atoms with van der Waals surface area (Å²) < 4.78 is 0. The smallest absolute Gasteiger partial charge is 0.0139 e. The van der Waals surface area contributed by atoms with Crippen LogP contribution < -0.4 is 5.32 Å². The molecular weight excluding hydrogens is 146 g/mol. The van der Waals surface area contributed by atoms with Gasteiger partial charge in [-0.1, -0.05) is 30.3 Å². The van der Waals surface area contributed by atoms with Gasteiger partial charge < -0.3 is 5.32 Å². The zero-order chi connectivity index (χ0) is 8.23. The van der Waals surface area contributed by atoms with E-state index in [2.05, 4.69) is 42.1 Å². The van der Waals surface area contributed by atoms with E-state index in [-0.39, 0.29) is 0 Å². The van der Waals surface area contributed by atoms with Gasteiger partial charge in [-0.05, 0) is 31.4 Å². The minimum absolute atomic E-state index is 0.604. The molecule has 1 aromatic rings. The van der Waals surface area contributed by atoms with Crippen molar-refractivity contribution in [2.24, 2.45) is 0 Å². The van der Waals surface area contributed by atoms with Crippen LogP contribution >= 0.6 is 0 Å². The average Bonchev–Trinajstić information content (AvgIpc) is 2.59. The summed E-state index contributed by atoms with van der Waals surface area (Å²) >= 11 is 0. The zero-order valence-electron chi connectivity index (χ0n) is 7.16. The van der Waals surface area contributed by atoms with Crippen molar-refractivity contribution in [2.45, 2.75) is 18.9 Å². The first-order chi connectivity index (χ1) is 5.95. The lowest BCUT2D eigenvalue weighted by atomic mass is 10.1. The summed E-state index contributed by atoms with van der Waals surface area (Å²) in [5, 5.41) is 3.45. The normalized spacial score (nSPS) is 22.8. The molecule has 0 amide bonds. The Hall–Kier alpha value is -0.820. The Bertz CT molecular complexity index is 224. The lowest BCUT2D eigenvalue weighted by Crippen LogP contribution is -2.23. The van der Waals surface area contributed by atoms with E-state index >= 15 is 0 Å². The highest BCUT2D eigenvalue weighted by Gasteiger charge is 2.13. The van der Waals surface area contributed by atoms with Crippen molar-refractivity contribution >= 4 is 0 Å². The summed E-state index contributed by atoms with van der Waals surface area (Å²) in [7, 11) is 0. The molecule has 63 valence electrons. The molecule has 0 bridgehead atoms. The molecule has 1 aliphatic heterocycles. The van der Waals surface area contributed by atoms with Gasteiger partial charge in [0.2, 0.25) is 0 Å². The maximum absolute atomic E-state index is 3.45. The van der Waals surface area contributed by atoms with Crippen LogP contribution in [0.25, 0.3) is 0 Å². The third kappa shape index (κ3) is 1.86. The topological polar surface area (TPSA) is 12.0 Å². The summed E-state index contributed by atoms with van der Waals surface area (Å²) in [5.74, 6) is 0. The van der Waals surface area contributed by atoms with Crippen molar-refractivity contribution in [3.8, 4) is 0 Å². The Kier molecular flexibility index (Phi) is 2.42. The van der Waals surface area contributed by atoms with Gasteiger partial charge >= 0.3 is 0 Å². The molecular formula is C11H14N. The molecule has 1 saturated heterocycles. The lowest BCUT2D eigenvalue weighted by Gasteiger charge is -2.08.